The van der Waals surface area contributed by atoms with E-state index < -0.39 is 0 Å². The van der Waals surface area contributed by atoms with Gasteiger partial charge in [-0.05, 0) is 32.4 Å². The van der Waals surface area contributed by atoms with E-state index in [1.54, 1.807) is 0 Å². The minimum atomic E-state index is 0.456. The van der Waals surface area contributed by atoms with Crippen LogP contribution < -0.4 is 10.6 Å². The second kappa shape index (κ2) is 7.37. The van der Waals surface area contributed by atoms with Gasteiger partial charge in [0.2, 0.25) is 0 Å². The Balaban J connectivity index is 2.94. The lowest BCUT2D eigenvalue weighted by Crippen LogP contribution is -2.33. The highest BCUT2D eigenvalue weighted by Gasteiger charge is 2.14. The molecule has 0 aliphatic carbocycles. The lowest BCUT2D eigenvalue weighted by molar-refractivity contribution is 0.626. The van der Waals surface area contributed by atoms with Gasteiger partial charge in [-0.1, -0.05) is 44.1 Å². The number of hydrogen-bond acceptors (Lipinski definition) is 2. The molecular weight excluding hydrogens is 240 g/mol. The van der Waals surface area contributed by atoms with Gasteiger partial charge < -0.3 is 10.6 Å². The molecule has 0 aromatic heterocycles. The summed E-state index contributed by atoms with van der Waals surface area (Å²) < 4.78 is 0. The molecule has 0 bridgehead atoms. The molecule has 0 heterocycles. The number of para-hydroxylation sites is 1. The lowest BCUT2D eigenvalue weighted by atomic mass is 10.1. The Morgan fingerprint density at radius 1 is 1.28 bits per heavy atom. The number of thiocarbonyl (C=S) groups is 1. The maximum Gasteiger partial charge on any atom is 0.106 e. The number of nitrogens with two attached hydrogens (primary N) is 1. The summed E-state index contributed by atoms with van der Waals surface area (Å²) in [6, 6.07) is 8.61. The van der Waals surface area contributed by atoms with Crippen LogP contribution in [0, 0.1) is 0 Å². The van der Waals surface area contributed by atoms with Crippen LogP contribution in [0.15, 0.2) is 24.3 Å². The van der Waals surface area contributed by atoms with E-state index in [-0.39, 0.29) is 0 Å². The van der Waals surface area contributed by atoms with Crippen molar-refractivity contribution in [3.05, 3.63) is 29.8 Å². The lowest BCUT2D eigenvalue weighted by Gasteiger charge is -2.30. The number of nitrogens with zero attached hydrogens (tertiary/aromatic N) is 1. The average molecular weight is 264 g/mol. The third-order valence-corrected chi connectivity index (χ3v) is 3.32. The summed E-state index contributed by atoms with van der Waals surface area (Å²) in [4.78, 5) is 2.87. The smallest absolute Gasteiger partial charge is 0.106 e. The van der Waals surface area contributed by atoms with E-state index in [0.717, 1.165) is 17.8 Å². The van der Waals surface area contributed by atoms with Gasteiger partial charge in [0.25, 0.3) is 0 Å². The standard InChI is InChI=1S/C15H24N2S/c1-4-5-8-11-17(12(2)3)14-10-7-6-9-13(14)15(16)18/h6-7,9-10,12H,4-5,8,11H2,1-3H3,(H2,16,18). The van der Waals surface area contributed by atoms with Crippen LogP contribution in [0.25, 0.3) is 0 Å². The van der Waals surface area contributed by atoms with Crippen LogP contribution in [-0.2, 0) is 0 Å². The molecule has 0 unspecified atom stereocenters. The van der Waals surface area contributed by atoms with Crippen LogP contribution in [0.1, 0.15) is 45.6 Å². The first-order valence-corrected chi connectivity index (χ1v) is 7.14. The monoisotopic (exact) mass is 264 g/mol. The summed E-state index contributed by atoms with van der Waals surface area (Å²) in [5, 5.41) is 0. The van der Waals surface area contributed by atoms with Crippen LogP contribution in [0.5, 0.6) is 0 Å². The molecule has 0 saturated carbocycles. The van der Waals surface area contributed by atoms with Crippen LogP contribution in [0.3, 0.4) is 0 Å². The van der Waals surface area contributed by atoms with Crippen molar-refractivity contribution in [2.24, 2.45) is 5.73 Å². The van der Waals surface area contributed by atoms with E-state index in [1.165, 1.54) is 19.3 Å². The van der Waals surface area contributed by atoms with Crippen molar-refractivity contribution in [3.8, 4) is 0 Å². The highest BCUT2D eigenvalue weighted by molar-refractivity contribution is 7.80. The first-order chi connectivity index (χ1) is 8.57. The van der Waals surface area contributed by atoms with Crippen molar-refractivity contribution >= 4 is 22.9 Å². The average Bonchev–Trinajstić information content (AvgIpc) is 2.34. The molecule has 2 N–H and O–H groups in total. The van der Waals surface area contributed by atoms with Crippen LogP contribution in [-0.4, -0.2) is 17.6 Å². The van der Waals surface area contributed by atoms with E-state index >= 15 is 0 Å². The Morgan fingerprint density at radius 3 is 2.50 bits per heavy atom. The number of rotatable bonds is 7. The van der Waals surface area contributed by atoms with Crippen molar-refractivity contribution in [1.29, 1.82) is 0 Å². The number of anilines is 1. The summed E-state index contributed by atoms with van der Waals surface area (Å²) in [7, 11) is 0. The third kappa shape index (κ3) is 3.98. The number of hydrogen-bond donors (Lipinski definition) is 1. The van der Waals surface area contributed by atoms with E-state index in [9.17, 15) is 0 Å². The minimum Gasteiger partial charge on any atom is -0.389 e. The molecule has 0 atom stereocenters. The SMILES string of the molecule is CCCCCN(c1ccccc1C(N)=S)C(C)C. The first kappa shape index (κ1) is 15.0. The van der Waals surface area contributed by atoms with Crippen LogP contribution >= 0.6 is 12.2 Å². The fraction of sp³-hybridized carbons (Fsp3) is 0.533. The molecule has 0 amide bonds. The van der Waals surface area contributed by atoms with Gasteiger partial charge in [0.1, 0.15) is 4.99 Å². The summed E-state index contributed by atoms with van der Waals surface area (Å²) in [6.07, 6.45) is 3.71. The molecule has 1 rings (SSSR count). The van der Waals surface area contributed by atoms with Crippen molar-refractivity contribution in [1.82, 2.24) is 0 Å². The van der Waals surface area contributed by atoms with Gasteiger partial charge in [0, 0.05) is 23.8 Å². The van der Waals surface area contributed by atoms with E-state index in [1.807, 2.05) is 18.2 Å². The molecule has 1 aromatic rings. The van der Waals surface area contributed by atoms with Gasteiger partial charge in [-0.3, -0.25) is 0 Å². The molecule has 0 aliphatic rings. The van der Waals surface area contributed by atoms with Gasteiger partial charge in [0.15, 0.2) is 0 Å². The molecule has 0 fully saturated rings. The Labute approximate surface area is 116 Å². The maximum atomic E-state index is 5.81. The zero-order valence-electron chi connectivity index (χ0n) is 11.6. The van der Waals surface area contributed by atoms with Gasteiger partial charge in [-0.25, -0.2) is 0 Å². The second-order valence-corrected chi connectivity index (χ2v) is 5.32. The molecule has 0 saturated heterocycles. The van der Waals surface area contributed by atoms with Crippen LogP contribution in [0.4, 0.5) is 5.69 Å². The maximum absolute atomic E-state index is 5.81. The summed E-state index contributed by atoms with van der Waals surface area (Å²) in [6.45, 7) is 7.71. The zero-order valence-corrected chi connectivity index (χ0v) is 12.5. The Hall–Kier alpha value is -1.09. The van der Waals surface area contributed by atoms with Crippen LogP contribution in [0.2, 0.25) is 0 Å². The van der Waals surface area contributed by atoms with Gasteiger partial charge in [-0.2, -0.15) is 0 Å². The summed E-state index contributed by atoms with van der Waals surface area (Å²) >= 11 is 5.14. The summed E-state index contributed by atoms with van der Waals surface area (Å²) in [5.74, 6) is 0. The Kier molecular flexibility index (Phi) is 6.13. The summed E-state index contributed by atoms with van der Waals surface area (Å²) in [5.41, 5.74) is 7.96. The van der Waals surface area contributed by atoms with E-state index in [0.29, 0.717) is 11.0 Å². The molecule has 18 heavy (non-hydrogen) atoms. The fourth-order valence-electron chi connectivity index (χ4n) is 2.12. The van der Waals surface area contributed by atoms with Gasteiger partial charge in [0.05, 0.1) is 0 Å². The molecular formula is C15H24N2S. The molecule has 1 aromatic carbocycles. The number of benzene rings is 1. The molecule has 100 valence electrons. The molecule has 0 spiro atoms. The predicted octanol–water partition coefficient (Wildman–Crippen LogP) is 3.73. The number of unbranched alkanes of at least 4 members (excludes halogenated alkanes) is 2. The first-order valence-electron chi connectivity index (χ1n) is 6.73. The zero-order chi connectivity index (χ0) is 13.5. The van der Waals surface area contributed by atoms with Gasteiger partial charge in [-0.15, -0.1) is 0 Å². The second-order valence-electron chi connectivity index (χ2n) is 4.88. The molecule has 0 radical (unpaired) electrons. The van der Waals surface area contributed by atoms with Crippen molar-refractivity contribution in [3.63, 3.8) is 0 Å². The van der Waals surface area contributed by atoms with Gasteiger partial charge >= 0.3 is 0 Å². The topological polar surface area (TPSA) is 29.3 Å². The Bertz CT molecular complexity index is 388. The normalized spacial score (nSPS) is 10.7. The highest BCUT2D eigenvalue weighted by atomic mass is 32.1. The van der Waals surface area contributed by atoms with E-state index in [4.69, 9.17) is 18.0 Å². The van der Waals surface area contributed by atoms with Crippen molar-refractivity contribution < 1.29 is 0 Å². The largest absolute Gasteiger partial charge is 0.389 e. The Morgan fingerprint density at radius 2 is 1.94 bits per heavy atom. The molecule has 2 nitrogen and oxygen atoms in total. The minimum absolute atomic E-state index is 0.456. The van der Waals surface area contributed by atoms with Crippen molar-refractivity contribution in [2.45, 2.75) is 46.1 Å². The molecule has 3 heteroatoms. The quantitative estimate of drug-likeness (QED) is 0.601. The molecule has 0 aliphatic heterocycles. The van der Waals surface area contributed by atoms with Crippen molar-refractivity contribution in [2.75, 3.05) is 11.4 Å². The third-order valence-electron chi connectivity index (χ3n) is 3.10. The highest BCUT2D eigenvalue weighted by Crippen LogP contribution is 2.23. The fourth-order valence-corrected chi connectivity index (χ4v) is 2.29. The predicted molar refractivity (Wildman–Crippen MR) is 84.3 cm³/mol. The van der Waals surface area contributed by atoms with E-state index in [2.05, 4.69) is 31.7 Å².